The van der Waals surface area contributed by atoms with Crippen LogP contribution in [0.3, 0.4) is 0 Å². The number of nitrogens with two attached hydrogens (primary N) is 7. The zero-order valence-corrected chi connectivity index (χ0v) is 78.4. The van der Waals surface area contributed by atoms with Crippen molar-refractivity contribution in [1.29, 1.82) is 5.26 Å². The van der Waals surface area contributed by atoms with Gasteiger partial charge in [0.05, 0.1) is 51.2 Å². The number of primary amides is 7. The van der Waals surface area contributed by atoms with Gasteiger partial charge in [0.15, 0.2) is 17.7 Å². The summed E-state index contributed by atoms with van der Waals surface area (Å²) in [6, 6.07) is 4.90. The number of likely N-dealkylation sites (tertiary alicyclic amines) is 1. The molecule has 18 atom stereocenters. The minimum atomic E-state index is -5.35. The number of aliphatic hydroxyl groups is 2. The Morgan fingerprint density at radius 1 is 0.744 bits per heavy atom. The zero-order chi connectivity index (χ0) is 95.2. The topological polar surface area (TPSA) is 598 Å². The van der Waals surface area contributed by atoms with Crippen molar-refractivity contribution in [2.75, 3.05) is 41.0 Å². The summed E-state index contributed by atoms with van der Waals surface area (Å²) in [6.07, 6.45) is 2.42. The second-order valence-corrected chi connectivity index (χ2v) is 39.3. The Kier molecular flexibility index (Phi) is 32.3. The summed E-state index contributed by atoms with van der Waals surface area (Å²) in [4.78, 5) is 170. The van der Waals surface area contributed by atoms with Gasteiger partial charge in [-0.05, 0) is 99.2 Å². The number of nitrogens with one attached hydrogen (secondary N) is 2. The van der Waals surface area contributed by atoms with E-state index in [0.717, 1.165) is 61.6 Å². The fourth-order valence-electron chi connectivity index (χ4n) is 21.4. The second-order valence-electron chi connectivity index (χ2n) is 37.0. The number of aryl methyl sites for hydroxylation is 2. The van der Waals surface area contributed by atoms with E-state index in [0.29, 0.717) is 93.0 Å². The number of allylic oxidation sites excluding steroid dienone is 6. The molecule has 2 aromatic carbocycles. The number of piperidine rings is 1. The minimum Gasteiger partial charge on any atom is -0.493 e. The molecule has 8 bridgehead atoms. The molecule has 39 heteroatoms. The fraction of sp³-hybridized carbons (Fsp3) is 0.633. The van der Waals surface area contributed by atoms with E-state index in [4.69, 9.17) is 83.1 Å². The molecule has 1 saturated carbocycles. The SMILES string of the molecule is C/C1=C2N=C(/C=C3N=C(/C(C)=C4/[C@@H](CCC(N)=O)[C@](C)(CC(N)=O)[C@](C)([C@@H]5N=C1[C@](C)(CCC(=O)NCC(C)OP(=O)([O-])O[C@H]1[C@@H](O)[C@@H](n6cnc7cc(C)c(C)cc76)O[C@@H]1CO)[C@H]5CC(N)=O)[N]4[Co+][C]#N)[C@@](C)(CC(N)=O)[C@@H]\3CCC(N)=O)C(C)(C)[C@@H]/2CCC(N)=O.CC[C@H](NC(=O)[C@@H]1CCCCN1C(=O)[C@H](c1cc(OC)c(OC)c(OC)c1)C1CCCCC1)C(N)=O. The Morgan fingerprint density at radius 2 is 1.35 bits per heavy atom. The molecule has 0 radical (unpaired) electrons. The van der Waals surface area contributed by atoms with Crippen molar-refractivity contribution in [2.24, 2.45) is 106 Å². The van der Waals surface area contributed by atoms with Crippen LogP contribution < -0.4 is 69.9 Å². The van der Waals surface area contributed by atoms with Gasteiger partial charge in [0.1, 0.15) is 30.4 Å². The molecule has 11 rings (SSSR count). The Balaban J connectivity index is 0.000000400. The molecule has 18 N–H and O–H groups in total. The number of ether oxygens (including phenoxy) is 4. The number of carbonyl (C=O) groups is 10. The molecule has 8 heterocycles. The first kappa shape index (κ1) is 101. The quantitative estimate of drug-likeness (QED) is 0.0301. The molecule has 8 aliphatic rings. The van der Waals surface area contributed by atoms with Crippen LogP contribution in [0.4, 0.5) is 0 Å². The number of imidazole rings is 1. The Labute approximate surface area is 758 Å². The molecule has 3 saturated heterocycles. The van der Waals surface area contributed by atoms with Crippen molar-refractivity contribution in [2.45, 2.75) is 272 Å². The van der Waals surface area contributed by atoms with Crippen molar-refractivity contribution >= 4 is 95.1 Å². The number of aliphatic imine (C=N–C) groups is 3. The summed E-state index contributed by atoms with van der Waals surface area (Å²) in [5.74, 6) is -7.65. The normalized spacial score (nSPS) is 29.8. The molecule has 3 aromatic rings. The van der Waals surface area contributed by atoms with E-state index in [2.05, 4.69) is 20.6 Å². The van der Waals surface area contributed by atoms with Gasteiger partial charge in [-0.2, -0.15) is 0 Å². The van der Waals surface area contributed by atoms with Gasteiger partial charge < -0.3 is 59.1 Å². The summed E-state index contributed by atoms with van der Waals surface area (Å²) in [6.45, 7) is 21.1. The first-order chi connectivity index (χ1) is 60.7. The minimum absolute atomic E-state index is 0.0111. The maximum atomic E-state index is 14.5. The van der Waals surface area contributed by atoms with E-state index in [-0.39, 0.29) is 110 Å². The Hall–Kier alpha value is -9.97. The van der Waals surface area contributed by atoms with Crippen LogP contribution in [0.25, 0.3) is 11.0 Å². The number of carbonyl (C=O) groups excluding carboxylic acids is 10. The molecule has 7 aliphatic heterocycles. The van der Waals surface area contributed by atoms with Gasteiger partial charge in [0.25, 0.3) is 7.82 Å². The monoisotopic (exact) mass is 1860 g/mol. The average Bonchev–Trinajstić information content (AvgIpc) is 1.51. The molecule has 1 aliphatic carbocycles. The summed E-state index contributed by atoms with van der Waals surface area (Å²) in [5.41, 5.74) is 42.6. The van der Waals surface area contributed by atoms with Gasteiger partial charge in [0, 0.05) is 6.54 Å². The molecular formula is C90H129CoN17O20P. The number of fused-ring (bicyclic) bond motifs is 7. The van der Waals surface area contributed by atoms with E-state index in [1.54, 1.807) is 70.9 Å². The fourth-order valence-corrected chi connectivity index (χ4v) is 23.7. The van der Waals surface area contributed by atoms with Crippen LogP contribution in [0.1, 0.15) is 226 Å². The third-order valence-corrected chi connectivity index (χ3v) is 30.6. The number of hydrogen-bond acceptors (Lipinski definition) is 26. The molecular weight excluding hydrogens is 1730 g/mol. The summed E-state index contributed by atoms with van der Waals surface area (Å²) in [5, 5.41) is 40.7. The van der Waals surface area contributed by atoms with E-state index < -0.39 is 167 Å². The number of methoxy groups -OCH3 is 3. The van der Waals surface area contributed by atoms with Gasteiger partial charge in [-0.3, -0.25) is 18.9 Å². The van der Waals surface area contributed by atoms with Gasteiger partial charge in [0.2, 0.25) is 23.5 Å². The van der Waals surface area contributed by atoms with Crippen molar-refractivity contribution < 1.29 is 111 Å². The molecule has 4 fully saturated rings. The van der Waals surface area contributed by atoms with E-state index >= 15 is 0 Å². The summed E-state index contributed by atoms with van der Waals surface area (Å²) >= 11 is 0.0230. The maximum absolute atomic E-state index is 14.5. The molecule has 37 nitrogen and oxygen atoms in total. The number of aliphatic hydroxyl groups excluding tert-OH is 2. The molecule has 708 valence electrons. The number of phosphoric ester groups is 1. The number of amides is 10. The van der Waals surface area contributed by atoms with Crippen molar-refractivity contribution in [3.05, 3.63) is 81.6 Å². The number of nitriles is 1. The van der Waals surface area contributed by atoms with Crippen LogP contribution in [0.15, 0.2) is 79.9 Å². The first-order valence-corrected chi connectivity index (χ1v) is 46.5. The van der Waals surface area contributed by atoms with Crippen molar-refractivity contribution in [3.8, 4) is 22.3 Å². The predicted molar refractivity (Wildman–Crippen MR) is 472 cm³/mol. The number of rotatable bonds is 37. The van der Waals surface area contributed by atoms with Crippen molar-refractivity contribution in [1.82, 2.24) is 29.0 Å². The van der Waals surface area contributed by atoms with Crippen LogP contribution in [0.5, 0.6) is 17.2 Å². The second kappa shape index (κ2) is 41.2. The smallest absolute Gasteiger partial charge is 0.493 e. The number of benzene rings is 2. The van der Waals surface area contributed by atoms with Crippen LogP contribution >= 0.6 is 7.82 Å². The van der Waals surface area contributed by atoms with Crippen LogP contribution in [0.2, 0.25) is 0 Å². The van der Waals surface area contributed by atoms with Crippen molar-refractivity contribution in [3.63, 3.8) is 0 Å². The van der Waals surface area contributed by atoms with Gasteiger partial charge in [-0.25, -0.2) is 4.98 Å². The van der Waals surface area contributed by atoms with E-state index in [1.165, 1.54) is 17.8 Å². The number of hydrogen-bond donors (Lipinski definition) is 11. The molecule has 2 unspecified atom stereocenters. The molecule has 0 spiro atoms. The van der Waals surface area contributed by atoms with Gasteiger partial charge >= 0.3 is 417 Å². The van der Waals surface area contributed by atoms with Gasteiger partial charge in [-0.15, -0.1) is 0 Å². The summed E-state index contributed by atoms with van der Waals surface area (Å²) < 4.78 is 50.4. The predicted octanol–water partition coefficient (Wildman–Crippen LogP) is 5.86. The standard InChI is InChI=1S/C62H90N13O14P.C27H41N3O6.CN.Co/c1-29-20-39-40(21-30(29)2)75(28-70-39)57-52(84)53(41(27-76)87-57)89-90(85,86)88-31(3)26-69-49(83)18-19-59(8)37(22-46(66)80)56-62(11)61(10,25-48(68)82)36(14-17-45(65)79)51(74-62)33(5)55-60(9,24-47(67)81)34(12-15-43(63)77)38(71-55)23-42-58(6,7)35(13-16-44(64)78)50(72-42)32(4)54(59)73-56;1-5-19(25(28)31)29-26(32)20-13-9-10-14-30(20)27(33)23(17-11-7-6-8-12-17)18-15-21(34-2)24(36-4)22(16-18)35-3;1-2;/h20-21,23,28,31,34-37,41,52-53,56-57,76,84H,12-19,22,24-27H2,1-11H3,(H15,63,64,65,66,67,68,69,71,72,73,74,77,78,79,80,81,82,83,85,86);15-17,19-20,23H,5-14H2,1-4H3,(H2,28,31)(H,29,32);;/q;;;+2/p-2/t31?,34-,35-,36-,37+,41-,52-,53-,56-,57+,59-,60+,61+,62+;19-,20-,23-;;/m10../s1. The van der Waals surface area contributed by atoms with Gasteiger partial charge in [-0.1, -0.05) is 26.2 Å². The molecule has 10 amide bonds. The van der Waals surface area contributed by atoms with Crippen LogP contribution in [0, 0.1) is 75.4 Å². The Bertz CT molecular complexity index is 5110. The van der Waals surface area contributed by atoms with E-state index in [9.17, 15) is 72.9 Å². The van der Waals surface area contributed by atoms with E-state index in [1.807, 2.05) is 65.8 Å². The van der Waals surface area contributed by atoms with Crippen LogP contribution in [-0.4, -0.2) is 194 Å². The Morgan fingerprint density at radius 3 is 1.91 bits per heavy atom. The summed E-state index contributed by atoms with van der Waals surface area (Å²) in [7, 11) is -0.669. The molecule has 1 aromatic heterocycles. The van der Waals surface area contributed by atoms with Crippen LogP contribution in [-0.2, 0) is 81.2 Å². The first-order valence-electron chi connectivity index (χ1n) is 44.1. The third-order valence-electron chi connectivity index (χ3n) is 28.4. The number of nitrogens with zero attached hydrogens (tertiary/aromatic N) is 8. The molecule has 129 heavy (non-hydrogen) atoms. The number of phosphoric acid groups is 1. The third kappa shape index (κ3) is 20.9. The average molecular weight is 1860 g/mol. The zero-order valence-electron chi connectivity index (χ0n) is 76.5. The number of aromatic nitrogens is 2.